The Kier molecular flexibility index (Phi) is 4.65. The lowest BCUT2D eigenvalue weighted by Crippen LogP contribution is -2.11. The number of alkyl halides is 1. The smallest absolute Gasteiger partial charge is 0.119 e. The van der Waals surface area contributed by atoms with Crippen LogP contribution in [0.2, 0.25) is 0 Å². The molecule has 3 nitrogen and oxygen atoms in total. The first kappa shape index (κ1) is 14.4. The van der Waals surface area contributed by atoms with E-state index in [1.807, 2.05) is 54.4 Å². The lowest BCUT2D eigenvalue weighted by Gasteiger charge is -2.21. The molecular weight excluding hydrogens is 316 g/mol. The molecule has 0 aromatic heterocycles. The fraction of sp³-hybridized carbons (Fsp3) is 0.188. The Balaban J connectivity index is 2.37. The van der Waals surface area contributed by atoms with Crippen LogP contribution in [0.3, 0.4) is 0 Å². The Hall–Kier alpha value is -1.99. The van der Waals surface area contributed by atoms with Crippen molar-refractivity contribution >= 4 is 27.3 Å². The van der Waals surface area contributed by atoms with Gasteiger partial charge in [0, 0.05) is 18.1 Å². The Morgan fingerprint density at radius 3 is 2.45 bits per heavy atom. The van der Waals surface area contributed by atoms with Gasteiger partial charge in [0.25, 0.3) is 0 Å². The molecule has 0 saturated carbocycles. The predicted molar refractivity (Wildman–Crippen MR) is 84.8 cm³/mol. The molecule has 0 atom stereocenters. The lowest BCUT2D eigenvalue weighted by atomic mass is 10.1. The molecule has 0 unspecified atom stereocenters. The molecule has 20 heavy (non-hydrogen) atoms. The van der Waals surface area contributed by atoms with E-state index in [2.05, 4.69) is 22.0 Å². The zero-order valence-electron chi connectivity index (χ0n) is 11.4. The summed E-state index contributed by atoms with van der Waals surface area (Å²) in [6.45, 7) is 0. The van der Waals surface area contributed by atoms with Crippen molar-refractivity contribution < 1.29 is 4.74 Å². The van der Waals surface area contributed by atoms with Crippen LogP contribution in [-0.4, -0.2) is 14.2 Å². The Morgan fingerprint density at radius 1 is 1.20 bits per heavy atom. The average molecular weight is 331 g/mol. The Bertz CT molecular complexity index is 632. The van der Waals surface area contributed by atoms with Crippen molar-refractivity contribution in [3.05, 3.63) is 53.6 Å². The van der Waals surface area contributed by atoms with Gasteiger partial charge in [-0.25, -0.2) is 0 Å². The molecule has 0 aliphatic rings. The molecule has 0 radical (unpaired) electrons. The van der Waals surface area contributed by atoms with Crippen LogP contribution in [0.4, 0.5) is 11.4 Å². The van der Waals surface area contributed by atoms with Crippen molar-refractivity contribution in [1.29, 1.82) is 5.26 Å². The molecule has 2 aromatic carbocycles. The van der Waals surface area contributed by atoms with Crippen LogP contribution in [0, 0.1) is 11.3 Å². The van der Waals surface area contributed by atoms with Crippen molar-refractivity contribution in [2.45, 2.75) is 5.33 Å². The average Bonchev–Trinajstić information content (AvgIpc) is 2.53. The van der Waals surface area contributed by atoms with Gasteiger partial charge in [0.2, 0.25) is 0 Å². The summed E-state index contributed by atoms with van der Waals surface area (Å²) in [6.07, 6.45) is 0. The summed E-state index contributed by atoms with van der Waals surface area (Å²) in [4.78, 5) is 2.00. The third kappa shape index (κ3) is 2.94. The number of ether oxygens (including phenoxy) is 1. The minimum Gasteiger partial charge on any atom is -0.497 e. The highest BCUT2D eigenvalue weighted by Gasteiger charge is 2.10. The summed E-state index contributed by atoms with van der Waals surface area (Å²) in [5.74, 6) is 0.817. The van der Waals surface area contributed by atoms with Gasteiger partial charge >= 0.3 is 0 Å². The first-order valence-electron chi connectivity index (χ1n) is 6.16. The SMILES string of the molecule is COc1ccc(N(C)c2ccc(CBr)cc2C#N)cc1. The van der Waals surface area contributed by atoms with Crippen LogP contribution in [0.5, 0.6) is 5.75 Å². The van der Waals surface area contributed by atoms with Gasteiger partial charge in [-0.3, -0.25) is 0 Å². The molecule has 0 spiro atoms. The van der Waals surface area contributed by atoms with Crippen molar-refractivity contribution in [3.8, 4) is 11.8 Å². The van der Waals surface area contributed by atoms with Crippen molar-refractivity contribution in [3.63, 3.8) is 0 Å². The van der Waals surface area contributed by atoms with Gasteiger partial charge in [0.05, 0.1) is 18.4 Å². The monoisotopic (exact) mass is 330 g/mol. The molecule has 2 rings (SSSR count). The minimum absolute atomic E-state index is 0.667. The van der Waals surface area contributed by atoms with Gasteiger partial charge < -0.3 is 9.64 Å². The van der Waals surface area contributed by atoms with Crippen molar-refractivity contribution in [2.24, 2.45) is 0 Å². The zero-order valence-corrected chi connectivity index (χ0v) is 13.0. The maximum Gasteiger partial charge on any atom is 0.119 e. The summed E-state index contributed by atoms with van der Waals surface area (Å²) in [6, 6.07) is 15.9. The summed E-state index contributed by atoms with van der Waals surface area (Å²) in [5, 5.41) is 10.0. The summed E-state index contributed by atoms with van der Waals surface area (Å²) >= 11 is 3.41. The van der Waals surface area contributed by atoms with Gasteiger partial charge in [0.15, 0.2) is 0 Å². The van der Waals surface area contributed by atoms with Gasteiger partial charge in [-0.1, -0.05) is 22.0 Å². The molecule has 0 bridgehead atoms. The molecular formula is C16H15BrN2O. The van der Waals surface area contributed by atoms with E-state index in [0.29, 0.717) is 5.56 Å². The molecule has 0 heterocycles. The molecule has 0 fully saturated rings. The quantitative estimate of drug-likeness (QED) is 0.787. The number of nitrogens with zero attached hydrogens (tertiary/aromatic N) is 2. The summed E-state index contributed by atoms with van der Waals surface area (Å²) in [7, 11) is 3.59. The highest BCUT2D eigenvalue weighted by Crippen LogP contribution is 2.29. The largest absolute Gasteiger partial charge is 0.497 e. The normalized spacial score (nSPS) is 9.90. The number of halogens is 1. The third-order valence-electron chi connectivity index (χ3n) is 3.16. The number of anilines is 2. The number of benzene rings is 2. The predicted octanol–water partition coefficient (Wildman–Crippen LogP) is 4.23. The fourth-order valence-corrected chi connectivity index (χ4v) is 2.34. The van der Waals surface area contributed by atoms with E-state index in [-0.39, 0.29) is 0 Å². The number of methoxy groups -OCH3 is 1. The van der Waals surface area contributed by atoms with Crippen LogP contribution >= 0.6 is 15.9 Å². The Labute approximate surface area is 127 Å². The second-order valence-electron chi connectivity index (χ2n) is 4.35. The number of hydrogen-bond acceptors (Lipinski definition) is 3. The second kappa shape index (κ2) is 6.44. The maximum atomic E-state index is 9.30. The molecule has 0 saturated heterocycles. The number of nitriles is 1. The molecule has 4 heteroatoms. The van der Waals surface area contributed by atoms with Crippen LogP contribution < -0.4 is 9.64 Å². The van der Waals surface area contributed by atoms with Crippen LogP contribution in [0.1, 0.15) is 11.1 Å². The van der Waals surface area contributed by atoms with E-state index in [4.69, 9.17) is 4.74 Å². The van der Waals surface area contributed by atoms with Gasteiger partial charge in [-0.05, 0) is 42.0 Å². The van der Waals surface area contributed by atoms with E-state index in [1.54, 1.807) is 7.11 Å². The van der Waals surface area contributed by atoms with Crippen molar-refractivity contribution in [1.82, 2.24) is 0 Å². The molecule has 2 aromatic rings. The summed E-state index contributed by atoms with van der Waals surface area (Å²) in [5.41, 5.74) is 3.66. The fourth-order valence-electron chi connectivity index (χ4n) is 1.99. The minimum atomic E-state index is 0.667. The second-order valence-corrected chi connectivity index (χ2v) is 4.91. The number of hydrogen-bond donors (Lipinski definition) is 0. The molecule has 102 valence electrons. The topological polar surface area (TPSA) is 36.3 Å². The molecule has 0 N–H and O–H groups in total. The van der Waals surface area contributed by atoms with E-state index in [0.717, 1.165) is 28.0 Å². The van der Waals surface area contributed by atoms with E-state index in [9.17, 15) is 5.26 Å². The number of rotatable bonds is 4. The lowest BCUT2D eigenvalue weighted by molar-refractivity contribution is 0.415. The van der Waals surface area contributed by atoms with Gasteiger partial charge in [-0.2, -0.15) is 5.26 Å². The third-order valence-corrected chi connectivity index (χ3v) is 3.80. The van der Waals surface area contributed by atoms with E-state index in [1.165, 1.54) is 0 Å². The van der Waals surface area contributed by atoms with Crippen LogP contribution in [0.15, 0.2) is 42.5 Å². The van der Waals surface area contributed by atoms with E-state index >= 15 is 0 Å². The van der Waals surface area contributed by atoms with Crippen LogP contribution in [0.25, 0.3) is 0 Å². The van der Waals surface area contributed by atoms with Gasteiger partial charge in [0.1, 0.15) is 11.8 Å². The standard InChI is InChI=1S/C16H15BrN2O/c1-19(14-4-6-15(20-2)7-5-14)16-8-3-12(10-17)9-13(16)11-18/h3-9H,10H2,1-2H3. The van der Waals surface area contributed by atoms with E-state index < -0.39 is 0 Å². The zero-order chi connectivity index (χ0) is 14.5. The van der Waals surface area contributed by atoms with Gasteiger partial charge in [-0.15, -0.1) is 0 Å². The first-order valence-corrected chi connectivity index (χ1v) is 7.28. The first-order chi connectivity index (χ1) is 9.69. The highest BCUT2D eigenvalue weighted by molar-refractivity contribution is 9.08. The molecule has 0 aliphatic heterocycles. The molecule has 0 aliphatic carbocycles. The Morgan fingerprint density at radius 2 is 1.90 bits per heavy atom. The van der Waals surface area contributed by atoms with Crippen LogP contribution in [-0.2, 0) is 5.33 Å². The van der Waals surface area contributed by atoms with Crippen molar-refractivity contribution in [2.75, 3.05) is 19.1 Å². The summed E-state index contributed by atoms with van der Waals surface area (Å²) < 4.78 is 5.15. The molecule has 0 amide bonds. The maximum absolute atomic E-state index is 9.30. The highest BCUT2D eigenvalue weighted by atomic mass is 79.9.